The van der Waals surface area contributed by atoms with Crippen molar-refractivity contribution in [2.45, 2.75) is 52.6 Å². The van der Waals surface area contributed by atoms with Crippen LogP contribution >= 0.6 is 0 Å². The van der Waals surface area contributed by atoms with Gasteiger partial charge < -0.3 is 24.8 Å². The number of nitrogens with one attached hydrogen (secondary N) is 2. The van der Waals surface area contributed by atoms with E-state index in [4.69, 9.17) is 9.26 Å². The maximum atomic E-state index is 12.5. The van der Waals surface area contributed by atoms with Crippen LogP contribution in [0.5, 0.6) is 5.75 Å². The van der Waals surface area contributed by atoms with Gasteiger partial charge >= 0.3 is 6.03 Å². The third-order valence-electron chi connectivity index (χ3n) is 5.35. The molecule has 1 fully saturated rings. The molecule has 0 saturated carbocycles. The van der Waals surface area contributed by atoms with Gasteiger partial charge in [-0.15, -0.1) is 0 Å². The van der Waals surface area contributed by atoms with E-state index < -0.39 is 0 Å². The summed E-state index contributed by atoms with van der Waals surface area (Å²) >= 11 is 0. The Bertz CT molecular complexity index is 873. The SMILES string of the molecule is COc1ccc(NC(=O)NC2CCC(=O)N(Cc3c(C)noc3C)CC2)c(C)c1. The quantitative estimate of drug-likeness (QED) is 0.803. The summed E-state index contributed by atoms with van der Waals surface area (Å²) in [6.45, 7) is 6.71. The number of ether oxygens (including phenoxy) is 1. The van der Waals surface area contributed by atoms with E-state index in [0.717, 1.165) is 34.0 Å². The molecule has 3 amide bonds. The summed E-state index contributed by atoms with van der Waals surface area (Å²) in [5, 5.41) is 9.83. The molecule has 8 heteroatoms. The maximum Gasteiger partial charge on any atom is 0.319 e. The molecule has 1 saturated heterocycles. The van der Waals surface area contributed by atoms with Crippen molar-refractivity contribution in [2.75, 3.05) is 19.0 Å². The smallest absolute Gasteiger partial charge is 0.319 e. The van der Waals surface area contributed by atoms with Gasteiger partial charge in [0.25, 0.3) is 0 Å². The second kappa shape index (κ2) is 8.98. The molecule has 0 bridgehead atoms. The topological polar surface area (TPSA) is 96.7 Å². The molecule has 2 N–H and O–H groups in total. The monoisotopic (exact) mass is 400 g/mol. The number of hydrogen-bond donors (Lipinski definition) is 2. The van der Waals surface area contributed by atoms with Crippen LogP contribution in [-0.4, -0.2) is 41.7 Å². The molecule has 1 aromatic carbocycles. The highest BCUT2D eigenvalue weighted by atomic mass is 16.5. The Kier molecular flexibility index (Phi) is 6.41. The van der Waals surface area contributed by atoms with E-state index >= 15 is 0 Å². The van der Waals surface area contributed by atoms with Crippen LogP contribution < -0.4 is 15.4 Å². The number of likely N-dealkylation sites (tertiary alicyclic amines) is 1. The number of hydrogen-bond acceptors (Lipinski definition) is 5. The third kappa shape index (κ3) is 5.07. The molecule has 2 heterocycles. The van der Waals surface area contributed by atoms with Crippen LogP contribution in [0.15, 0.2) is 22.7 Å². The van der Waals surface area contributed by atoms with E-state index in [2.05, 4.69) is 15.8 Å². The zero-order valence-electron chi connectivity index (χ0n) is 17.4. The number of methoxy groups -OCH3 is 1. The van der Waals surface area contributed by atoms with Gasteiger partial charge in [0.05, 0.1) is 19.3 Å². The van der Waals surface area contributed by atoms with Crippen LogP contribution in [-0.2, 0) is 11.3 Å². The van der Waals surface area contributed by atoms with Gasteiger partial charge in [0.1, 0.15) is 11.5 Å². The number of carbonyl (C=O) groups is 2. The van der Waals surface area contributed by atoms with Crippen LogP contribution in [0.3, 0.4) is 0 Å². The summed E-state index contributed by atoms with van der Waals surface area (Å²) in [6, 6.07) is 5.16. The first-order valence-corrected chi connectivity index (χ1v) is 9.79. The Morgan fingerprint density at radius 1 is 1.31 bits per heavy atom. The molecule has 0 spiro atoms. The molecule has 1 aliphatic rings. The van der Waals surface area contributed by atoms with Crippen molar-refractivity contribution < 1.29 is 18.8 Å². The summed E-state index contributed by atoms with van der Waals surface area (Å²) in [7, 11) is 1.61. The zero-order valence-corrected chi connectivity index (χ0v) is 17.4. The lowest BCUT2D eigenvalue weighted by Gasteiger charge is -2.21. The summed E-state index contributed by atoms with van der Waals surface area (Å²) in [5.74, 6) is 1.57. The number of benzene rings is 1. The molecule has 0 radical (unpaired) electrons. The largest absolute Gasteiger partial charge is 0.497 e. The Morgan fingerprint density at radius 2 is 2.10 bits per heavy atom. The highest BCUT2D eigenvalue weighted by Crippen LogP contribution is 2.22. The molecule has 29 heavy (non-hydrogen) atoms. The summed E-state index contributed by atoms with van der Waals surface area (Å²) in [5.41, 5.74) is 3.41. The standard InChI is InChI=1S/C21H28N4O4/c1-13-11-17(28-4)6-7-19(13)23-21(27)22-16-5-8-20(26)25(10-9-16)12-18-14(2)24-29-15(18)3/h6-7,11,16H,5,8-10,12H2,1-4H3,(H2,22,23,27). The lowest BCUT2D eigenvalue weighted by molar-refractivity contribution is -0.131. The first-order valence-electron chi connectivity index (χ1n) is 9.79. The van der Waals surface area contributed by atoms with Gasteiger partial charge in [-0.25, -0.2) is 4.79 Å². The van der Waals surface area contributed by atoms with E-state index in [-0.39, 0.29) is 18.0 Å². The van der Waals surface area contributed by atoms with Gasteiger partial charge in [-0.3, -0.25) is 4.79 Å². The van der Waals surface area contributed by atoms with Gasteiger partial charge in [-0.1, -0.05) is 5.16 Å². The van der Waals surface area contributed by atoms with Gasteiger partial charge in [0.15, 0.2) is 0 Å². The molecule has 3 rings (SSSR count). The fourth-order valence-electron chi connectivity index (χ4n) is 3.51. The molecular weight excluding hydrogens is 372 g/mol. The zero-order chi connectivity index (χ0) is 21.0. The second-order valence-electron chi connectivity index (χ2n) is 7.42. The number of rotatable bonds is 5. The first kappa shape index (κ1) is 20.7. The van der Waals surface area contributed by atoms with E-state index in [9.17, 15) is 9.59 Å². The van der Waals surface area contributed by atoms with Gasteiger partial charge in [0.2, 0.25) is 5.91 Å². The predicted octanol–water partition coefficient (Wildman–Crippen LogP) is 3.31. The number of amides is 3. The van der Waals surface area contributed by atoms with Crippen molar-refractivity contribution >= 4 is 17.6 Å². The molecule has 8 nitrogen and oxygen atoms in total. The molecule has 0 aliphatic carbocycles. The fraction of sp³-hybridized carbons (Fsp3) is 0.476. The van der Waals surface area contributed by atoms with E-state index in [0.29, 0.717) is 32.4 Å². The summed E-state index contributed by atoms with van der Waals surface area (Å²) < 4.78 is 10.4. The first-order chi connectivity index (χ1) is 13.9. The van der Waals surface area contributed by atoms with Crippen LogP contribution in [0.2, 0.25) is 0 Å². The van der Waals surface area contributed by atoms with E-state index in [1.165, 1.54) is 0 Å². The summed E-state index contributed by atoms with van der Waals surface area (Å²) in [4.78, 5) is 26.8. The molecule has 1 aliphatic heterocycles. The number of urea groups is 1. The van der Waals surface area contributed by atoms with Crippen molar-refractivity contribution in [3.63, 3.8) is 0 Å². The van der Waals surface area contributed by atoms with Crippen molar-refractivity contribution in [3.8, 4) is 5.75 Å². The molecule has 1 unspecified atom stereocenters. The van der Waals surface area contributed by atoms with Crippen LogP contribution in [0.4, 0.5) is 10.5 Å². The van der Waals surface area contributed by atoms with E-state index in [1.54, 1.807) is 13.2 Å². The van der Waals surface area contributed by atoms with Crippen LogP contribution in [0.25, 0.3) is 0 Å². The van der Waals surface area contributed by atoms with Crippen molar-refractivity contribution in [1.29, 1.82) is 0 Å². The van der Waals surface area contributed by atoms with Crippen molar-refractivity contribution in [1.82, 2.24) is 15.4 Å². The minimum atomic E-state index is -0.269. The molecule has 2 aromatic rings. The minimum absolute atomic E-state index is 0.0628. The van der Waals surface area contributed by atoms with Gasteiger partial charge in [-0.05, 0) is 57.4 Å². The highest BCUT2D eigenvalue weighted by molar-refractivity contribution is 5.90. The lowest BCUT2D eigenvalue weighted by atomic mass is 10.1. The maximum absolute atomic E-state index is 12.5. The average molecular weight is 400 g/mol. The van der Waals surface area contributed by atoms with Gasteiger partial charge in [-0.2, -0.15) is 0 Å². The summed E-state index contributed by atoms with van der Waals surface area (Å²) in [6.07, 6.45) is 1.71. The molecule has 1 aromatic heterocycles. The van der Waals surface area contributed by atoms with Crippen molar-refractivity contribution in [3.05, 3.63) is 40.8 Å². The fourth-order valence-corrected chi connectivity index (χ4v) is 3.51. The van der Waals surface area contributed by atoms with Crippen molar-refractivity contribution in [2.24, 2.45) is 0 Å². The number of aromatic nitrogens is 1. The Labute approximate surface area is 170 Å². The Balaban J connectivity index is 1.56. The third-order valence-corrected chi connectivity index (χ3v) is 5.35. The van der Waals surface area contributed by atoms with Crippen LogP contribution in [0.1, 0.15) is 41.8 Å². The Hall–Kier alpha value is -3.03. The van der Waals surface area contributed by atoms with E-state index in [1.807, 2.05) is 37.8 Å². The molecule has 156 valence electrons. The minimum Gasteiger partial charge on any atom is -0.497 e. The number of nitrogens with zero attached hydrogens (tertiary/aromatic N) is 2. The number of carbonyl (C=O) groups excluding carboxylic acids is 2. The molecular formula is C21H28N4O4. The molecule has 1 atom stereocenters. The highest BCUT2D eigenvalue weighted by Gasteiger charge is 2.25. The second-order valence-corrected chi connectivity index (χ2v) is 7.42. The van der Waals surface area contributed by atoms with Crippen LogP contribution in [0, 0.1) is 20.8 Å². The normalized spacial score (nSPS) is 17.0. The Morgan fingerprint density at radius 3 is 2.76 bits per heavy atom. The lowest BCUT2D eigenvalue weighted by Crippen LogP contribution is -2.38. The number of anilines is 1. The van der Waals surface area contributed by atoms with Gasteiger partial charge in [0, 0.05) is 30.3 Å². The number of aryl methyl sites for hydroxylation is 3. The average Bonchev–Trinajstić information content (AvgIpc) is 2.90. The predicted molar refractivity (Wildman–Crippen MR) is 109 cm³/mol.